The first kappa shape index (κ1) is 22.6. The van der Waals surface area contributed by atoms with E-state index in [2.05, 4.69) is 22.3 Å². The molecule has 28 heavy (non-hydrogen) atoms. The Bertz CT molecular complexity index is 749. The molecular weight excluding hydrogens is 404 g/mol. The number of rotatable bonds is 7. The number of benzene rings is 2. The Morgan fingerprint density at radius 3 is 2.43 bits per heavy atom. The molecule has 1 amide bonds. The third-order valence-electron chi connectivity index (χ3n) is 4.78. The number of hydrogen-bond donors (Lipinski definition) is 2. The second-order valence-corrected chi connectivity index (χ2v) is 7.72. The maximum Gasteiger partial charge on any atom is 0.288 e. The van der Waals surface area contributed by atoms with Gasteiger partial charge in [0.25, 0.3) is 5.76 Å². The highest BCUT2D eigenvalue weighted by atomic mass is 35.5. The quantitative estimate of drug-likeness (QED) is 0.655. The maximum atomic E-state index is 12.4. The van der Waals surface area contributed by atoms with E-state index in [1.54, 1.807) is 24.3 Å². The summed E-state index contributed by atoms with van der Waals surface area (Å²) in [6, 6.07) is 16.7. The van der Waals surface area contributed by atoms with Crippen molar-refractivity contribution in [1.29, 1.82) is 0 Å². The predicted octanol–water partition coefficient (Wildman–Crippen LogP) is 4.04. The topological polar surface area (TPSA) is 58.4 Å². The van der Waals surface area contributed by atoms with E-state index in [1.807, 2.05) is 18.2 Å². The normalized spacial score (nSPS) is 19.4. The molecule has 0 bridgehead atoms. The van der Waals surface area contributed by atoms with E-state index >= 15 is 0 Å². The van der Waals surface area contributed by atoms with E-state index in [1.165, 1.54) is 5.56 Å². The average molecular weight is 428 g/mol. The van der Waals surface area contributed by atoms with E-state index in [0.717, 1.165) is 13.1 Å². The summed E-state index contributed by atoms with van der Waals surface area (Å²) in [4.78, 5) is 14.9. The van der Waals surface area contributed by atoms with Gasteiger partial charge >= 0.3 is 0 Å². The number of thioether (sulfide) groups is 1. The Morgan fingerprint density at radius 1 is 1.14 bits per heavy atom. The minimum Gasteiger partial charge on any atom is -0.330 e. The van der Waals surface area contributed by atoms with Crippen LogP contribution in [0.4, 0.5) is 14.5 Å². The number of carbonyl (C=O) groups is 1. The molecule has 152 valence electrons. The van der Waals surface area contributed by atoms with E-state index in [4.69, 9.17) is 5.73 Å². The van der Waals surface area contributed by atoms with E-state index in [0.29, 0.717) is 40.7 Å². The summed E-state index contributed by atoms with van der Waals surface area (Å²) in [7, 11) is 0. The molecular formula is C20H24ClF2N3OS. The van der Waals surface area contributed by atoms with Gasteiger partial charge in [-0.2, -0.15) is 8.78 Å². The number of anilines is 1. The summed E-state index contributed by atoms with van der Waals surface area (Å²) in [5, 5.41) is 2.83. The van der Waals surface area contributed by atoms with Gasteiger partial charge in [-0.05, 0) is 42.3 Å². The maximum absolute atomic E-state index is 12.4. The number of halogens is 3. The summed E-state index contributed by atoms with van der Waals surface area (Å²) >= 11 is 0.487. The van der Waals surface area contributed by atoms with Crippen LogP contribution < -0.4 is 11.1 Å². The Morgan fingerprint density at radius 2 is 1.82 bits per heavy atom. The van der Waals surface area contributed by atoms with E-state index < -0.39 is 5.76 Å². The number of alkyl halides is 2. The SMILES string of the molecule is Cl.NC[C@@H]1CN(CC(=O)Nc2ccc(SC(F)F)cc2)C[C@H]1c1ccccc1. The van der Waals surface area contributed by atoms with E-state index in [9.17, 15) is 13.6 Å². The molecule has 0 saturated carbocycles. The number of nitrogens with zero attached hydrogens (tertiary/aromatic N) is 1. The molecule has 3 rings (SSSR count). The summed E-state index contributed by atoms with van der Waals surface area (Å²) in [5.41, 5.74) is 7.80. The van der Waals surface area contributed by atoms with Crippen LogP contribution in [-0.2, 0) is 4.79 Å². The zero-order chi connectivity index (χ0) is 19.2. The molecule has 1 aliphatic rings. The van der Waals surface area contributed by atoms with Gasteiger partial charge in [-0.15, -0.1) is 12.4 Å². The van der Waals surface area contributed by atoms with Crippen LogP contribution in [0, 0.1) is 5.92 Å². The fourth-order valence-corrected chi connectivity index (χ4v) is 4.03. The lowest BCUT2D eigenvalue weighted by Crippen LogP contribution is -2.32. The van der Waals surface area contributed by atoms with Crippen LogP contribution in [0.2, 0.25) is 0 Å². The van der Waals surface area contributed by atoms with Gasteiger partial charge in [0.2, 0.25) is 5.91 Å². The Kier molecular flexibility index (Phi) is 8.69. The molecule has 3 N–H and O–H groups in total. The first-order valence-corrected chi connectivity index (χ1v) is 9.75. The van der Waals surface area contributed by atoms with Crippen LogP contribution in [0.15, 0.2) is 59.5 Å². The lowest BCUT2D eigenvalue weighted by molar-refractivity contribution is -0.117. The third kappa shape index (κ3) is 6.17. The van der Waals surface area contributed by atoms with Gasteiger partial charge in [-0.25, -0.2) is 0 Å². The zero-order valence-electron chi connectivity index (χ0n) is 15.3. The fourth-order valence-electron chi connectivity index (χ4n) is 3.53. The highest BCUT2D eigenvalue weighted by Crippen LogP contribution is 2.32. The number of amides is 1. The molecule has 1 heterocycles. The largest absolute Gasteiger partial charge is 0.330 e. The van der Waals surface area contributed by atoms with Crippen LogP contribution >= 0.6 is 24.2 Å². The van der Waals surface area contributed by atoms with Gasteiger partial charge in [0.15, 0.2) is 0 Å². The van der Waals surface area contributed by atoms with Crippen molar-refractivity contribution in [3.63, 3.8) is 0 Å². The van der Waals surface area contributed by atoms with Crippen molar-refractivity contribution < 1.29 is 13.6 Å². The first-order valence-electron chi connectivity index (χ1n) is 8.87. The van der Waals surface area contributed by atoms with Gasteiger partial charge < -0.3 is 11.1 Å². The monoisotopic (exact) mass is 427 g/mol. The van der Waals surface area contributed by atoms with Crippen molar-refractivity contribution >= 4 is 35.8 Å². The highest BCUT2D eigenvalue weighted by molar-refractivity contribution is 7.99. The molecule has 2 atom stereocenters. The molecule has 2 aromatic carbocycles. The Balaban J connectivity index is 0.00000280. The second kappa shape index (κ2) is 10.8. The van der Waals surface area contributed by atoms with Crippen LogP contribution in [-0.4, -0.2) is 42.7 Å². The number of hydrogen-bond acceptors (Lipinski definition) is 4. The molecule has 8 heteroatoms. The molecule has 1 aliphatic heterocycles. The molecule has 0 aromatic heterocycles. The summed E-state index contributed by atoms with van der Waals surface area (Å²) < 4.78 is 24.7. The standard InChI is InChI=1S/C20H23F2N3OS.ClH/c21-20(22)27-17-8-6-16(7-9-17)24-19(26)13-25-11-15(10-23)18(12-25)14-4-2-1-3-5-14;/h1-9,15,18,20H,10-13,23H2,(H,24,26);1H/t15-,18+;/m1./s1. The molecule has 0 radical (unpaired) electrons. The average Bonchev–Trinajstić information content (AvgIpc) is 3.06. The molecule has 4 nitrogen and oxygen atoms in total. The second-order valence-electron chi connectivity index (χ2n) is 6.66. The molecule has 0 spiro atoms. The predicted molar refractivity (Wildman–Crippen MR) is 112 cm³/mol. The van der Waals surface area contributed by atoms with Gasteiger partial charge in [0.1, 0.15) is 0 Å². The number of likely N-dealkylation sites (tertiary alicyclic amines) is 1. The minimum atomic E-state index is -2.45. The smallest absolute Gasteiger partial charge is 0.288 e. The van der Waals surface area contributed by atoms with Crippen LogP contribution in [0.3, 0.4) is 0 Å². The summed E-state index contributed by atoms with van der Waals surface area (Å²) in [6.45, 7) is 2.45. The van der Waals surface area contributed by atoms with Crippen LogP contribution in [0.25, 0.3) is 0 Å². The summed E-state index contributed by atoms with van der Waals surface area (Å²) in [6.07, 6.45) is 0. The number of nitrogens with one attached hydrogen (secondary N) is 1. The van der Waals surface area contributed by atoms with Gasteiger partial charge in [0.05, 0.1) is 6.54 Å². The van der Waals surface area contributed by atoms with Crippen molar-refractivity contribution in [1.82, 2.24) is 4.90 Å². The third-order valence-corrected chi connectivity index (χ3v) is 5.50. The van der Waals surface area contributed by atoms with Gasteiger partial charge in [-0.1, -0.05) is 42.1 Å². The molecule has 2 aromatic rings. The molecule has 1 saturated heterocycles. The fraction of sp³-hybridized carbons (Fsp3) is 0.350. The molecule has 1 fully saturated rings. The van der Waals surface area contributed by atoms with Crippen molar-refractivity contribution in [2.24, 2.45) is 11.7 Å². The van der Waals surface area contributed by atoms with Crippen molar-refractivity contribution in [2.75, 3.05) is 31.5 Å². The van der Waals surface area contributed by atoms with Gasteiger partial charge in [-0.3, -0.25) is 9.69 Å². The van der Waals surface area contributed by atoms with Gasteiger partial charge in [0, 0.05) is 29.6 Å². The lowest BCUT2D eigenvalue weighted by atomic mass is 9.89. The van der Waals surface area contributed by atoms with Crippen molar-refractivity contribution in [2.45, 2.75) is 16.6 Å². The first-order chi connectivity index (χ1) is 13.0. The zero-order valence-corrected chi connectivity index (χ0v) is 16.9. The lowest BCUT2D eigenvalue weighted by Gasteiger charge is -2.16. The van der Waals surface area contributed by atoms with Crippen LogP contribution in [0.5, 0.6) is 0 Å². The highest BCUT2D eigenvalue weighted by Gasteiger charge is 2.33. The minimum absolute atomic E-state index is 0. The Hall–Kier alpha value is -1.67. The van der Waals surface area contributed by atoms with E-state index in [-0.39, 0.29) is 24.9 Å². The molecule has 0 unspecified atom stereocenters. The number of carbonyl (C=O) groups excluding carboxylic acids is 1. The summed E-state index contributed by atoms with van der Waals surface area (Å²) in [5.74, 6) is -1.91. The van der Waals surface area contributed by atoms with Crippen molar-refractivity contribution in [3.8, 4) is 0 Å². The molecule has 0 aliphatic carbocycles. The Labute approximate surface area is 174 Å². The number of nitrogens with two attached hydrogens (primary N) is 1. The van der Waals surface area contributed by atoms with Crippen molar-refractivity contribution in [3.05, 3.63) is 60.2 Å². The van der Waals surface area contributed by atoms with Crippen LogP contribution in [0.1, 0.15) is 11.5 Å².